The van der Waals surface area contributed by atoms with Crippen molar-refractivity contribution in [1.82, 2.24) is 5.32 Å². The summed E-state index contributed by atoms with van der Waals surface area (Å²) in [6, 6.07) is 5.71. The Balaban J connectivity index is 2.36. The standard InChI is InChI=1S/C13H18FNOS/c1-13(2,3)17-8-7-15-12(16)10-5-4-6-11(14)9-10/h4-6,9H,7-8H2,1-3H3,(H,15,16). The second kappa shape index (κ2) is 6.05. The van der Waals surface area contributed by atoms with E-state index in [0.717, 1.165) is 5.75 Å². The summed E-state index contributed by atoms with van der Waals surface area (Å²) in [6.07, 6.45) is 0. The molecule has 1 aromatic carbocycles. The number of hydrogen-bond acceptors (Lipinski definition) is 2. The second-order valence-corrected chi connectivity index (χ2v) is 6.65. The van der Waals surface area contributed by atoms with E-state index in [4.69, 9.17) is 0 Å². The SMILES string of the molecule is CC(C)(C)SCCNC(=O)c1cccc(F)c1. The molecule has 1 amide bonds. The van der Waals surface area contributed by atoms with Crippen LogP contribution in [0, 0.1) is 5.82 Å². The molecule has 0 radical (unpaired) electrons. The first-order valence-corrected chi connectivity index (χ1v) is 6.55. The van der Waals surface area contributed by atoms with E-state index in [0.29, 0.717) is 12.1 Å². The van der Waals surface area contributed by atoms with Gasteiger partial charge in [-0.3, -0.25) is 4.79 Å². The van der Waals surface area contributed by atoms with Gasteiger partial charge >= 0.3 is 0 Å². The summed E-state index contributed by atoms with van der Waals surface area (Å²) < 4.78 is 13.1. The number of benzene rings is 1. The number of amides is 1. The smallest absolute Gasteiger partial charge is 0.251 e. The highest BCUT2D eigenvalue weighted by atomic mass is 32.2. The van der Waals surface area contributed by atoms with Gasteiger partial charge in [-0.15, -0.1) is 0 Å². The zero-order valence-corrected chi connectivity index (χ0v) is 11.2. The summed E-state index contributed by atoms with van der Waals surface area (Å²) in [5, 5.41) is 2.77. The molecule has 4 heteroatoms. The first kappa shape index (κ1) is 14.0. The molecule has 0 saturated carbocycles. The number of carbonyl (C=O) groups excluding carboxylic acids is 1. The lowest BCUT2D eigenvalue weighted by atomic mass is 10.2. The minimum Gasteiger partial charge on any atom is -0.351 e. The molecule has 1 aromatic rings. The monoisotopic (exact) mass is 255 g/mol. The number of rotatable bonds is 4. The number of nitrogens with one attached hydrogen (secondary N) is 1. The largest absolute Gasteiger partial charge is 0.351 e. The molecule has 17 heavy (non-hydrogen) atoms. The number of carbonyl (C=O) groups is 1. The molecule has 94 valence electrons. The van der Waals surface area contributed by atoms with Gasteiger partial charge in [-0.1, -0.05) is 26.8 Å². The Kier molecular flexibility index (Phi) is 5.00. The Labute approximate surface area is 106 Å². The molecule has 0 fully saturated rings. The number of halogens is 1. The van der Waals surface area contributed by atoms with Crippen molar-refractivity contribution in [1.29, 1.82) is 0 Å². The average Bonchev–Trinajstić information content (AvgIpc) is 2.23. The van der Waals surface area contributed by atoms with Gasteiger partial charge in [0.2, 0.25) is 0 Å². The lowest BCUT2D eigenvalue weighted by molar-refractivity contribution is 0.0955. The van der Waals surface area contributed by atoms with Crippen LogP contribution in [-0.2, 0) is 0 Å². The quantitative estimate of drug-likeness (QED) is 0.838. The van der Waals surface area contributed by atoms with E-state index in [1.165, 1.54) is 18.2 Å². The fourth-order valence-corrected chi connectivity index (χ4v) is 2.07. The molecule has 0 unspecified atom stereocenters. The Hall–Kier alpha value is -1.03. The maximum absolute atomic E-state index is 12.9. The Morgan fingerprint density at radius 3 is 2.71 bits per heavy atom. The summed E-state index contributed by atoms with van der Waals surface area (Å²) in [4.78, 5) is 11.6. The molecule has 1 rings (SSSR count). The predicted molar refractivity (Wildman–Crippen MR) is 70.9 cm³/mol. The van der Waals surface area contributed by atoms with E-state index >= 15 is 0 Å². The minimum absolute atomic E-state index is 0.198. The van der Waals surface area contributed by atoms with Gasteiger partial charge in [-0.05, 0) is 18.2 Å². The van der Waals surface area contributed by atoms with E-state index < -0.39 is 0 Å². The highest BCUT2D eigenvalue weighted by molar-refractivity contribution is 8.00. The molecule has 0 aromatic heterocycles. The fraction of sp³-hybridized carbons (Fsp3) is 0.462. The molecule has 0 spiro atoms. The van der Waals surface area contributed by atoms with E-state index in [9.17, 15) is 9.18 Å². The van der Waals surface area contributed by atoms with Crippen molar-refractivity contribution in [3.8, 4) is 0 Å². The molecule has 2 nitrogen and oxygen atoms in total. The van der Waals surface area contributed by atoms with Crippen molar-refractivity contribution in [2.24, 2.45) is 0 Å². The lowest BCUT2D eigenvalue weighted by Gasteiger charge is -2.17. The lowest BCUT2D eigenvalue weighted by Crippen LogP contribution is -2.26. The third kappa shape index (κ3) is 5.73. The van der Waals surface area contributed by atoms with Gasteiger partial charge in [0.1, 0.15) is 5.82 Å². The van der Waals surface area contributed by atoms with Crippen molar-refractivity contribution in [2.45, 2.75) is 25.5 Å². The molecule has 1 N–H and O–H groups in total. The predicted octanol–water partition coefficient (Wildman–Crippen LogP) is 3.09. The summed E-state index contributed by atoms with van der Waals surface area (Å²) in [5.74, 6) is 0.241. The summed E-state index contributed by atoms with van der Waals surface area (Å²) >= 11 is 1.79. The minimum atomic E-state index is -0.387. The Morgan fingerprint density at radius 1 is 1.41 bits per heavy atom. The number of hydrogen-bond donors (Lipinski definition) is 1. The highest BCUT2D eigenvalue weighted by Gasteiger charge is 2.10. The molecule has 0 aliphatic heterocycles. The van der Waals surface area contributed by atoms with E-state index in [1.807, 2.05) is 0 Å². The van der Waals surface area contributed by atoms with Crippen molar-refractivity contribution in [3.63, 3.8) is 0 Å². The van der Waals surface area contributed by atoms with Gasteiger partial charge in [0.15, 0.2) is 0 Å². The molecular formula is C13H18FNOS. The summed E-state index contributed by atoms with van der Waals surface area (Å²) in [7, 11) is 0. The van der Waals surface area contributed by atoms with E-state index in [2.05, 4.69) is 26.1 Å². The molecular weight excluding hydrogens is 237 g/mol. The van der Waals surface area contributed by atoms with Crippen molar-refractivity contribution < 1.29 is 9.18 Å². The van der Waals surface area contributed by atoms with Crippen LogP contribution in [0.4, 0.5) is 4.39 Å². The molecule has 0 bridgehead atoms. The van der Waals surface area contributed by atoms with Gasteiger partial charge in [-0.25, -0.2) is 4.39 Å². The van der Waals surface area contributed by atoms with Gasteiger partial charge in [-0.2, -0.15) is 11.8 Å². The average molecular weight is 255 g/mol. The first-order chi connectivity index (χ1) is 7.88. The highest BCUT2D eigenvalue weighted by Crippen LogP contribution is 2.22. The van der Waals surface area contributed by atoms with Gasteiger partial charge in [0, 0.05) is 22.6 Å². The zero-order chi connectivity index (χ0) is 12.9. The van der Waals surface area contributed by atoms with Crippen LogP contribution in [0.5, 0.6) is 0 Å². The third-order valence-corrected chi connectivity index (χ3v) is 3.28. The van der Waals surface area contributed by atoms with Crippen molar-refractivity contribution >= 4 is 17.7 Å². The zero-order valence-electron chi connectivity index (χ0n) is 10.4. The van der Waals surface area contributed by atoms with Crippen LogP contribution in [0.15, 0.2) is 24.3 Å². The fourth-order valence-electron chi connectivity index (χ4n) is 1.25. The van der Waals surface area contributed by atoms with Crippen molar-refractivity contribution in [2.75, 3.05) is 12.3 Å². The topological polar surface area (TPSA) is 29.1 Å². The molecule has 0 atom stereocenters. The van der Waals surface area contributed by atoms with E-state index in [1.54, 1.807) is 17.8 Å². The first-order valence-electron chi connectivity index (χ1n) is 5.56. The molecule has 0 heterocycles. The van der Waals surface area contributed by atoms with Crippen LogP contribution < -0.4 is 5.32 Å². The Bertz CT molecular complexity index is 387. The third-order valence-electron chi connectivity index (χ3n) is 2.01. The van der Waals surface area contributed by atoms with Gasteiger partial charge in [0.05, 0.1) is 0 Å². The van der Waals surface area contributed by atoms with Gasteiger partial charge in [0.25, 0.3) is 5.91 Å². The summed E-state index contributed by atoms with van der Waals surface area (Å²) in [5.41, 5.74) is 0.366. The molecule has 0 aliphatic carbocycles. The number of thioether (sulfide) groups is 1. The van der Waals surface area contributed by atoms with Crippen LogP contribution >= 0.6 is 11.8 Å². The van der Waals surface area contributed by atoms with Crippen LogP contribution in [0.3, 0.4) is 0 Å². The van der Waals surface area contributed by atoms with Crippen LogP contribution in [-0.4, -0.2) is 23.0 Å². The van der Waals surface area contributed by atoms with Crippen LogP contribution in [0.25, 0.3) is 0 Å². The van der Waals surface area contributed by atoms with Crippen LogP contribution in [0.2, 0.25) is 0 Å². The Morgan fingerprint density at radius 2 is 2.12 bits per heavy atom. The maximum atomic E-state index is 12.9. The second-order valence-electron chi connectivity index (χ2n) is 4.73. The molecule has 0 aliphatic rings. The van der Waals surface area contributed by atoms with Gasteiger partial charge < -0.3 is 5.32 Å². The van der Waals surface area contributed by atoms with Crippen molar-refractivity contribution in [3.05, 3.63) is 35.6 Å². The normalized spacial score (nSPS) is 11.3. The van der Waals surface area contributed by atoms with Crippen LogP contribution in [0.1, 0.15) is 31.1 Å². The van der Waals surface area contributed by atoms with E-state index in [-0.39, 0.29) is 16.5 Å². The molecule has 0 saturated heterocycles. The maximum Gasteiger partial charge on any atom is 0.251 e. The summed E-state index contributed by atoms with van der Waals surface area (Å²) in [6.45, 7) is 6.99.